The zero-order valence-electron chi connectivity index (χ0n) is 23.6. The number of benzene rings is 4. The lowest BCUT2D eigenvalue weighted by atomic mass is 10.1. The van der Waals surface area contributed by atoms with Gasteiger partial charge in [-0.15, -0.1) is 0 Å². The summed E-state index contributed by atoms with van der Waals surface area (Å²) < 4.78 is 7.79. The Labute approximate surface area is 241 Å². The molecule has 1 heterocycles. The normalized spacial score (nSPS) is 11.0. The Morgan fingerprint density at radius 2 is 1.39 bits per heavy atom. The van der Waals surface area contributed by atoms with Crippen molar-refractivity contribution in [3.05, 3.63) is 126 Å². The van der Waals surface area contributed by atoms with Crippen LogP contribution >= 0.6 is 0 Å². The molecule has 0 saturated carbocycles. The van der Waals surface area contributed by atoms with Gasteiger partial charge in [-0.1, -0.05) is 60.7 Å². The van der Waals surface area contributed by atoms with E-state index in [1.54, 1.807) is 13.3 Å². The van der Waals surface area contributed by atoms with E-state index in [4.69, 9.17) is 4.74 Å². The third-order valence-corrected chi connectivity index (χ3v) is 7.12. The van der Waals surface area contributed by atoms with Crippen molar-refractivity contribution >= 4 is 17.8 Å². The molecule has 41 heavy (non-hydrogen) atoms. The van der Waals surface area contributed by atoms with Crippen LogP contribution in [0, 0.1) is 0 Å². The number of amides is 1. The molecule has 1 aromatic heterocycles. The second-order valence-electron chi connectivity index (χ2n) is 9.52. The molecular weight excluding hydrogens is 508 g/mol. The van der Waals surface area contributed by atoms with Crippen LogP contribution in [0.25, 0.3) is 28.2 Å². The van der Waals surface area contributed by atoms with E-state index in [1.807, 2.05) is 78.9 Å². The number of carbonyl (C=O) groups excluding carboxylic acids is 1. The molecule has 0 unspecified atom stereocenters. The Kier molecular flexibility index (Phi) is 8.60. The molecule has 6 nitrogen and oxygen atoms in total. The molecule has 206 valence electrons. The maximum atomic E-state index is 12.9. The van der Waals surface area contributed by atoms with Crippen molar-refractivity contribution in [3.8, 4) is 34.0 Å². The molecule has 5 rings (SSSR count). The summed E-state index contributed by atoms with van der Waals surface area (Å²) in [7, 11) is 1.63. The van der Waals surface area contributed by atoms with Crippen molar-refractivity contribution < 1.29 is 9.53 Å². The van der Waals surface area contributed by atoms with Crippen molar-refractivity contribution in [2.75, 3.05) is 25.1 Å². The van der Waals surface area contributed by atoms with Gasteiger partial charge in [-0.25, -0.2) is 5.43 Å². The predicted octanol–water partition coefficient (Wildman–Crippen LogP) is 7.43. The van der Waals surface area contributed by atoms with Gasteiger partial charge in [0.05, 0.1) is 24.7 Å². The van der Waals surface area contributed by atoms with Gasteiger partial charge < -0.3 is 14.2 Å². The molecule has 5 aromatic rings. The minimum Gasteiger partial charge on any atom is -0.496 e. The fourth-order valence-electron chi connectivity index (χ4n) is 4.96. The van der Waals surface area contributed by atoms with Gasteiger partial charge in [0.15, 0.2) is 0 Å². The molecule has 0 aliphatic rings. The highest BCUT2D eigenvalue weighted by Crippen LogP contribution is 2.32. The lowest BCUT2D eigenvalue weighted by molar-refractivity contribution is 0.0955. The van der Waals surface area contributed by atoms with E-state index >= 15 is 0 Å². The molecular formula is C35H34N4O2. The molecule has 4 aromatic carbocycles. The monoisotopic (exact) mass is 542 g/mol. The summed E-state index contributed by atoms with van der Waals surface area (Å²) in [5, 5.41) is 4.20. The van der Waals surface area contributed by atoms with Gasteiger partial charge in [0.2, 0.25) is 0 Å². The number of carbonyl (C=O) groups is 1. The van der Waals surface area contributed by atoms with E-state index in [1.165, 1.54) is 0 Å². The molecule has 0 radical (unpaired) electrons. The average molecular weight is 543 g/mol. The fraction of sp³-hybridized carbons (Fsp3) is 0.143. The lowest BCUT2D eigenvalue weighted by Crippen LogP contribution is -2.21. The quantitative estimate of drug-likeness (QED) is 0.147. The Balaban J connectivity index is 1.37. The van der Waals surface area contributed by atoms with Crippen LogP contribution < -0.4 is 15.1 Å². The minimum atomic E-state index is -0.286. The first-order valence-electron chi connectivity index (χ1n) is 13.8. The lowest BCUT2D eigenvalue weighted by Gasteiger charge is -2.21. The van der Waals surface area contributed by atoms with Gasteiger partial charge in [0.1, 0.15) is 5.75 Å². The number of rotatable bonds is 10. The van der Waals surface area contributed by atoms with E-state index < -0.39 is 0 Å². The Bertz CT molecular complexity index is 1560. The van der Waals surface area contributed by atoms with Gasteiger partial charge in [-0.2, -0.15) is 5.10 Å². The first-order chi connectivity index (χ1) is 20.1. The van der Waals surface area contributed by atoms with E-state index in [-0.39, 0.29) is 5.91 Å². The Hall–Kier alpha value is -5.10. The number of ether oxygens (including phenoxy) is 1. The number of hydrogen-bond donors (Lipinski definition) is 1. The number of hydrazone groups is 1. The molecule has 0 spiro atoms. The third kappa shape index (κ3) is 6.07. The molecule has 0 aliphatic carbocycles. The van der Waals surface area contributed by atoms with Gasteiger partial charge in [0, 0.05) is 41.7 Å². The zero-order chi connectivity index (χ0) is 28.6. The van der Waals surface area contributed by atoms with Crippen LogP contribution in [-0.4, -0.2) is 36.9 Å². The molecule has 0 bridgehead atoms. The zero-order valence-corrected chi connectivity index (χ0v) is 23.6. The SMILES string of the molecule is CCN(CC)c1ccc(/C=N\NC(=O)c2ccc(-n3c(-c4ccccc4)ccc3-c3ccccc3)cc2)c(OC)c1. The van der Waals surface area contributed by atoms with E-state index in [9.17, 15) is 4.79 Å². The molecule has 0 aliphatic heterocycles. The summed E-state index contributed by atoms with van der Waals surface area (Å²) >= 11 is 0. The van der Waals surface area contributed by atoms with Crippen molar-refractivity contribution in [1.82, 2.24) is 9.99 Å². The van der Waals surface area contributed by atoms with Crippen LogP contribution in [0.15, 0.2) is 120 Å². The second kappa shape index (κ2) is 12.8. The fourth-order valence-corrected chi connectivity index (χ4v) is 4.96. The van der Waals surface area contributed by atoms with Crippen LogP contribution in [-0.2, 0) is 0 Å². The van der Waals surface area contributed by atoms with Crippen LogP contribution in [0.5, 0.6) is 5.75 Å². The number of hydrogen-bond acceptors (Lipinski definition) is 4. The smallest absolute Gasteiger partial charge is 0.271 e. The molecule has 1 amide bonds. The van der Waals surface area contributed by atoms with Crippen molar-refractivity contribution in [1.29, 1.82) is 0 Å². The maximum absolute atomic E-state index is 12.9. The van der Waals surface area contributed by atoms with Crippen molar-refractivity contribution in [2.24, 2.45) is 5.10 Å². The van der Waals surface area contributed by atoms with E-state index in [0.717, 1.165) is 52.5 Å². The molecule has 0 saturated heterocycles. The standard InChI is InChI=1S/C35H34N4O2/c1-4-38(5-2)31-21-18-29(34(24-31)41-3)25-36-37-35(40)28-16-19-30(20-17-28)39-32(26-12-8-6-9-13-26)22-23-33(39)27-14-10-7-11-15-27/h6-25H,4-5H2,1-3H3,(H,37,40)/b36-25-. The van der Waals surface area contributed by atoms with Crippen LogP contribution in [0.1, 0.15) is 29.8 Å². The Morgan fingerprint density at radius 3 is 1.93 bits per heavy atom. The highest BCUT2D eigenvalue weighted by molar-refractivity contribution is 5.95. The van der Waals surface area contributed by atoms with Crippen molar-refractivity contribution in [2.45, 2.75) is 13.8 Å². The summed E-state index contributed by atoms with van der Waals surface area (Å²) in [6.45, 7) is 6.06. The third-order valence-electron chi connectivity index (χ3n) is 7.12. The molecule has 0 atom stereocenters. The highest BCUT2D eigenvalue weighted by Gasteiger charge is 2.14. The molecule has 1 N–H and O–H groups in total. The summed E-state index contributed by atoms with van der Waals surface area (Å²) in [6, 6.07) is 38.4. The van der Waals surface area contributed by atoms with Crippen molar-refractivity contribution in [3.63, 3.8) is 0 Å². The second-order valence-corrected chi connectivity index (χ2v) is 9.52. The van der Waals surface area contributed by atoms with Crippen LogP contribution in [0.2, 0.25) is 0 Å². The topological polar surface area (TPSA) is 58.9 Å². The summed E-state index contributed by atoms with van der Waals surface area (Å²) in [4.78, 5) is 15.2. The van der Waals surface area contributed by atoms with Gasteiger partial charge in [-0.05, 0) is 73.5 Å². The van der Waals surface area contributed by atoms with E-state index in [2.05, 4.69) is 70.2 Å². The van der Waals surface area contributed by atoms with Gasteiger partial charge in [0.25, 0.3) is 5.91 Å². The van der Waals surface area contributed by atoms with Crippen LogP contribution in [0.3, 0.4) is 0 Å². The minimum absolute atomic E-state index is 0.286. The first kappa shape index (κ1) is 27.5. The summed E-state index contributed by atoms with van der Waals surface area (Å²) in [5.74, 6) is 0.414. The predicted molar refractivity (Wildman–Crippen MR) is 168 cm³/mol. The first-order valence-corrected chi connectivity index (χ1v) is 13.8. The number of nitrogens with zero attached hydrogens (tertiary/aromatic N) is 3. The van der Waals surface area contributed by atoms with Gasteiger partial charge in [-0.3, -0.25) is 4.79 Å². The number of methoxy groups -OCH3 is 1. The maximum Gasteiger partial charge on any atom is 0.271 e. The number of aromatic nitrogens is 1. The van der Waals surface area contributed by atoms with Gasteiger partial charge >= 0.3 is 0 Å². The summed E-state index contributed by atoms with van der Waals surface area (Å²) in [6.07, 6.45) is 1.61. The molecule has 0 fully saturated rings. The average Bonchev–Trinajstić information content (AvgIpc) is 3.48. The number of anilines is 1. The summed E-state index contributed by atoms with van der Waals surface area (Å²) in [5.41, 5.74) is 10.4. The number of nitrogens with one attached hydrogen (secondary N) is 1. The Morgan fingerprint density at radius 1 is 0.805 bits per heavy atom. The molecule has 6 heteroatoms. The largest absolute Gasteiger partial charge is 0.496 e. The van der Waals surface area contributed by atoms with Crippen LogP contribution in [0.4, 0.5) is 5.69 Å². The highest BCUT2D eigenvalue weighted by atomic mass is 16.5. The van der Waals surface area contributed by atoms with E-state index in [0.29, 0.717) is 11.3 Å².